The molecular formula is C26H27N7O. The maximum Gasteiger partial charge on any atom is 0.155 e. The molecule has 1 aromatic carbocycles. The van der Waals surface area contributed by atoms with Gasteiger partial charge in [0.05, 0.1) is 30.1 Å². The van der Waals surface area contributed by atoms with E-state index in [2.05, 4.69) is 45.5 Å². The fourth-order valence-electron chi connectivity index (χ4n) is 5.14. The fourth-order valence-corrected chi connectivity index (χ4v) is 5.14. The largest absolute Gasteiger partial charge is 0.391 e. The van der Waals surface area contributed by atoms with E-state index >= 15 is 0 Å². The average Bonchev–Trinajstić information content (AvgIpc) is 3.53. The van der Waals surface area contributed by atoms with Gasteiger partial charge in [0.2, 0.25) is 0 Å². The number of nitrogens with one attached hydrogen (secondary N) is 2. The number of aliphatic hydroxyl groups is 1. The van der Waals surface area contributed by atoms with Gasteiger partial charge in [-0.15, -0.1) is 0 Å². The van der Waals surface area contributed by atoms with E-state index in [9.17, 15) is 5.11 Å². The number of hydrogen-bond donors (Lipinski definition) is 3. The molecule has 3 N–H and O–H groups in total. The fraction of sp³-hybridized carbons (Fsp3) is 0.308. The molecule has 3 aromatic heterocycles. The molecule has 1 unspecified atom stereocenters. The van der Waals surface area contributed by atoms with Crippen LogP contribution in [0.5, 0.6) is 0 Å². The quantitative estimate of drug-likeness (QED) is 0.428. The third kappa shape index (κ3) is 3.74. The van der Waals surface area contributed by atoms with E-state index < -0.39 is 6.10 Å². The van der Waals surface area contributed by atoms with Gasteiger partial charge in [-0.1, -0.05) is 37.3 Å². The number of aromatic nitrogens is 5. The molecule has 3 atom stereocenters. The Bertz CT molecular complexity index is 1430. The second kappa shape index (κ2) is 8.30. The lowest BCUT2D eigenvalue weighted by Crippen LogP contribution is -2.28. The Hall–Kier alpha value is -3.62. The average molecular weight is 454 g/mol. The van der Waals surface area contributed by atoms with E-state index in [-0.39, 0.29) is 6.04 Å². The third-order valence-corrected chi connectivity index (χ3v) is 6.63. The molecule has 0 amide bonds. The van der Waals surface area contributed by atoms with Crippen LogP contribution >= 0.6 is 0 Å². The Morgan fingerprint density at radius 3 is 2.94 bits per heavy atom. The maximum absolute atomic E-state index is 10.6. The number of rotatable bonds is 5. The number of H-pyrrole nitrogens is 1. The number of aliphatic imine (C=N–C) groups is 1. The summed E-state index contributed by atoms with van der Waals surface area (Å²) in [5, 5.41) is 18.4. The minimum Gasteiger partial charge on any atom is -0.391 e. The normalized spacial score (nSPS) is 22.0. The smallest absolute Gasteiger partial charge is 0.155 e. The van der Waals surface area contributed by atoms with Crippen molar-refractivity contribution >= 4 is 11.4 Å². The van der Waals surface area contributed by atoms with Crippen molar-refractivity contribution in [3.63, 3.8) is 0 Å². The molecule has 0 radical (unpaired) electrons. The summed E-state index contributed by atoms with van der Waals surface area (Å²) >= 11 is 0. The molecule has 8 heteroatoms. The van der Waals surface area contributed by atoms with Crippen molar-refractivity contribution < 1.29 is 5.11 Å². The van der Waals surface area contributed by atoms with Crippen LogP contribution in [0.4, 0.5) is 0 Å². The number of fused-ring (bicyclic) bond motifs is 2. The van der Waals surface area contributed by atoms with Gasteiger partial charge in [0.25, 0.3) is 0 Å². The highest BCUT2D eigenvalue weighted by Gasteiger charge is 2.30. The van der Waals surface area contributed by atoms with Crippen LogP contribution < -0.4 is 5.32 Å². The Morgan fingerprint density at radius 1 is 1.18 bits per heavy atom. The maximum atomic E-state index is 10.6. The number of aromatic amines is 1. The molecule has 172 valence electrons. The van der Waals surface area contributed by atoms with Crippen LogP contribution in [0.1, 0.15) is 49.0 Å². The Kier molecular flexibility index (Phi) is 5.12. The minimum absolute atomic E-state index is 0.114. The predicted octanol–water partition coefficient (Wildman–Crippen LogP) is 3.60. The molecule has 0 fully saturated rings. The van der Waals surface area contributed by atoms with E-state index in [1.54, 1.807) is 10.8 Å². The summed E-state index contributed by atoms with van der Waals surface area (Å²) < 4.78 is 1.76. The summed E-state index contributed by atoms with van der Waals surface area (Å²) in [5.41, 5.74) is 7.90. The molecule has 34 heavy (non-hydrogen) atoms. The molecule has 0 bridgehead atoms. The molecule has 0 saturated heterocycles. The molecule has 1 aliphatic heterocycles. The zero-order valence-corrected chi connectivity index (χ0v) is 19.2. The van der Waals surface area contributed by atoms with Gasteiger partial charge in [0, 0.05) is 23.9 Å². The van der Waals surface area contributed by atoms with Gasteiger partial charge >= 0.3 is 0 Å². The molecule has 8 nitrogen and oxygen atoms in total. The number of allylic oxidation sites excluding steroid dienone is 2. The first-order chi connectivity index (χ1) is 16.5. The van der Waals surface area contributed by atoms with Gasteiger partial charge in [-0.25, -0.2) is 14.5 Å². The van der Waals surface area contributed by atoms with E-state index in [1.807, 2.05) is 37.4 Å². The molecule has 0 spiro atoms. The lowest BCUT2D eigenvalue weighted by molar-refractivity contribution is 0.140. The molecule has 2 aliphatic rings. The van der Waals surface area contributed by atoms with Crippen LogP contribution in [0.2, 0.25) is 0 Å². The SMILES string of the molecule is CC1=CC(C)CC(c2nc(CN[C@H]3c4ccccc4C[C@H]3O)[nH]c2-c2ccc3ncnn3c2)=N1. The van der Waals surface area contributed by atoms with Gasteiger partial charge in [0.1, 0.15) is 17.8 Å². The summed E-state index contributed by atoms with van der Waals surface area (Å²) in [6.45, 7) is 4.74. The van der Waals surface area contributed by atoms with Crippen molar-refractivity contribution in [2.24, 2.45) is 10.9 Å². The summed E-state index contributed by atoms with van der Waals surface area (Å²) in [4.78, 5) is 17.6. The van der Waals surface area contributed by atoms with Crippen molar-refractivity contribution in [1.29, 1.82) is 0 Å². The monoisotopic (exact) mass is 453 g/mol. The molecule has 6 rings (SSSR count). The Morgan fingerprint density at radius 2 is 2.06 bits per heavy atom. The minimum atomic E-state index is -0.447. The van der Waals surface area contributed by atoms with Crippen LogP contribution in [0.25, 0.3) is 16.9 Å². The Labute approximate surface area is 197 Å². The summed E-state index contributed by atoms with van der Waals surface area (Å²) in [7, 11) is 0. The first-order valence-electron chi connectivity index (χ1n) is 11.7. The van der Waals surface area contributed by atoms with Crippen LogP contribution in [0.15, 0.2) is 65.7 Å². The highest BCUT2D eigenvalue weighted by atomic mass is 16.3. The number of benzene rings is 1. The van der Waals surface area contributed by atoms with Crippen LogP contribution in [0, 0.1) is 5.92 Å². The second-order valence-electron chi connectivity index (χ2n) is 9.26. The molecule has 0 saturated carbocycles. The second-order valence-corrected chi connectivity index (χ2v) is 9.26. The van der Waals surface area contributed by atoms with Crippen molar-refractivity contribution in [2.45, 2.75) is 45.4 Å². The van der Waals surface area contributed by atoms with E-state index in [0.717, 1.165) is 51.8 Å². The van der Waals surface area contributed by atoms with Crippen LogP contribution in [-0.4, -0.2) is 41.5 Å². The van der Waals surface area contributed by atoms with Crippen molar-refractivity contribution in [3.8, 4) is 11.3 Å². The molecule has 4 aromatic rings. The van der Waals surface area contributed by atoms with Gasteiger partial charge in [0.15, 0.2) is 5.65 Å². The number of aliphatic hydroxyl groups excluding tert-OH is 1. The highest BCUT2D eigenvalue weighted by molar-refractivity contribution is 6.04. The zero-order valence-electron chi connectivity index (χ0n) is 19.2. The number of imidazole rings is 1. The van der Waals surface area contributed by atoms with E-state index in [4.69, 9.17) is 9.98 Å². The highest BCUT2D eigenvalue weighted by Crippen LogP contribution is 2.32. The topological polar surface area (TPSA) is 103 Å². The lowest BCUT2D eigenvalue weighted by Gasteiger charge is -2.17. The summed E-state index contributed by atoms with van der Waals surface area (Å²) in [6, 6.07) is 12.1. The number of hydrogen-bond acceptors (Lipinski definition) is 6. The lowest BCUT2D eigenvalue weighted by atomic mass is 9.96. The predicted molar refractivity (Wildman–Crippen MR) is 130 cm³/mol. The van der Waals surface area contributed by atoms with Gasteiger partial charge in [-0.2, -0.15) is 5.10 Å². The van der Waals surface area contributed by atoms with Gasteiger partial charge < -0.3 is 15.4 Å². The van der Waals surface area contributed by atoms with Crippen molar-refractivity contribution in [1.82, 2.24) is 29.9 Å². The van der Waals surface area contributed by atoms with Gasteiger partial charge in [-0.05, 0) is 42.5 Å². The summed E-state index contributed by atoms with van der Waals surface area (Å²) in [6.07, 6.45) is 6.76. The summed E-state index contributed by atoms with van der Waals surface area (Å²) in [5.74, 6) is 1.21. The molecular weight excluding hydrogens is 426 g/mol. The van der Waals surface area contributed by atoms with Crippen LogP contribution in [0.3, 0.4) is 0 Å². The van der Waals surface area contributed by atoms with Gasteiger partial charge in [-0.3, -0.25) is 4.99 Å². The van der Waals surface area contributed by atoms with Crippen molar-refractivity contribution in [3.05, 3.63) is 83.3 Å². The van der Waals surface area contributed by atoms with E-state index in [0.29, 0.717) is 18.9 Å². The van der Waals surface area contributed by atoms with E-state index in [1.165, 1.54) is 5.56 Å². The molecule has 1 aliphatic carbocycles. The van der Waals surface area contributed by atoms with Crippen molar-refractivity contribution in [2.75, 3.05) is 0 Å². The first-order valence-corrected chi connectivity index (χ1v) is 11.7. The molecule has 4 heterocycles. The number of pyridine rings is 1. The van der Waals surface area contributed by atoms with Crippen LogP contribution in [-0.2, 0) is 13.0 Å². The Balaban J connectivity index is 1.35. The first kappa shape index (κ1) is 20.9. The standard InChI is InChI=1S/C26H27N7O/c1-15-9-16(2)30-20(10-15)26-24(18-7-8-23-28-14-29-33(23)13-18)31-22(32-26)12-27-25-19-6-4-3-5-17(19)11-21(25)34/h3-9,13-15,21,25,27,34H,10-12H2,1-2H3,(H,31,32)/t15?,21-,25+/m1/s1. The zero-order chi connectivity index (χ0) is 23.2. The number of nitrogens with zero attached hydrogens (tertiary/aromatic N) is 5. The third-order valence-electron chi connectivity index (χ3n) is 6.63.